The average molecular weight is 310 g/mol. The minimum atomic E-state index is 0. The van der Waals surface area contributed by atoms with E-state index in [1.165, 1.54) is 0 Å². The van der Waals surface area contributed by atoms with E-state index in [-0.39, 0.29) is 78.8 Å². The Morgan fingerprint density at radius 1 is 0.500 bits per heavy atom. The third-order valence-corrected chi connectivity index (χ3v) is 0. The van der Waals surface area contributed by atoms with E-state index in [1.807, 2.05) is 0 Å². The molecule has 0 aliphatic rings. The second-order valence-electron chi connectivity index (χ2n) is 0. The molecular weight excluding hydrogens is 310 g/mol. The van der Waals surface area contributed by atoms with E-state index in [2.05, 4.69) is 0 Å². The zero-order chi connectivity index (χ0) is 0. The van der Waals surface area contributed by atoms with Gasteiger partial charge in [-0.2, -0.15) is 0 Å². The Balaban J connectivity index is 0. The van der Waals surface area contributed by atoms with Crippen LogP contribution in [0.25, 0.3) is 0 Å². The number of rotatable bonds is 0. The molecule has 9 radical (unpaired) electrons. The third kappa shape index (κ3) is 8.82. The summed E-state index contributed by atoms with van der Waals surface area (Å²) in [6.45, 7) is 0. The Morgan fingerprint density at radius 2 is 0.500 bits per heavy atom. The van der Waals surface area contributed by atoms with Crippen LogP contribution in [0.4, 0.5) is 0 Å². The second kappa shape index (κ2) is 17.7. The first-order chi connectivity index (χ1) is 0. The fourth-order valence-electron chi connectivity index (χ4n) is 0. The van der Waals surface area contributed by atoms with E-state index in [0.717, 1.165) is 0 Å². The van der Waals surface area contributed by atoms with Crippen LogP contribution in [0.5, 0.6) is 0 Å². The Hall–Kier alpha value is 2.53. The summed E-state index contributed by atoms with van der Waals surface area (Å²) in [6, 6.07) is 0. The monoisotopic (exact) mass is 309 g/mol. The van der Waals surface area contributed by atoms with Gasteiger partial charge in [-0.05, 0) is 0 Å². The number of hydrogen-bond acceptors (Lipinski definition) is 0. The Labute approximate surface area is 77.8 Å². The summed E-state index contributed by atoms with van der Waals surface area (Å²) in [5.74, 6) is 0. The van der Waals surface area contributed by atoms with Crippen LogP contribution in [0.3, 0.4) is 0 Å². The standard InChI is InChI=1S/3Ga.Ru. The second-order valence-corrected chi connectivity index (χ2v) is 0. The van der Waals surface area contributed by atoms with Gasteiger partial charge >= 0.3 is 0 Å². The van der Waals surface area contributed by atoms with Crippen molar-refractivity contribution < 1.29 is 19.5 Å². The molecular formula is Ga3Ru. The van der Waals surface area contributed by atoms with Crippen molar-refractivity contribution in [3.05, 3.63) is 0 Å². The van der Waals surface area contributed by atoms with Crippen molar-refractivity contribution >= 4 is 59.4 Å². The maximum Gasteiger partial charge on any atom is 0 e. The maximum absolute atomic E-state index is 0. The predicted octanol–water partition coefficient (Wildman–Crippen LogP) is -1.14. The summed E-state index contributed by atoms with van der Waals surface area (Å²) in [6.07, 6.45) is 0. The molecule has 0 spiro atoms. The zero-order valence-corrected chi connectivity index (χ0v) is 11.1. The first-order valence-electron chi connectivity index (χ1n) is 0. The Morgan fingerprint density at radius 3 is 0.500 bits per heavy atom. The molecule has 0 aliphatic heterocycles. The minimum absolute atomic E-state index is 0. The van der Waals surface area contributed by atoms with Crippen molar-refractivity contribution in [2.75, 3.05) is 0 Å². The molecule has 0 nitrogen and oxygen atoms in total. The van der Waals surface area contributed by atoms with Crippen molar-refractivity contribution in [1.29, 1.82) is 0 Å². The molecule has 0 aromatic carbocycles. The van der Waals surface area contributed by atoms with Gasteiger partial charge in [-0.25, -0.2) is 0 Å². The summed E-state index contributed by atoms with van der Waals surface area (Å²) in [7, 11) is 0. The summed E-state index contributed by atoms with van der Waals surface area (Å²) < 4.78 is 0. The number of hydrogen-bond donors (Lipinski definition) is 0. The van der Waals surface area contributed by atoms with Gasteiger partial charge in [-0.15, -0.1) is 0 Å². The molecule has 4 heavy (non-hydrogen) atoms. The van der Waals surface area contributed by atoms with E-state index in [4.69, 9.17) is 0 Å². The molecule has 0 saturated carbocycles. The molecule has 0 fully saturated rings. The molecule has 0 heterocycles. The summed E-state index contributed by atoms with van der Waals surface area (Å²) in [4.78, 5) is 0. The van der Waals surface area contributed by atoms with E-state index in [1.54, 1.807) is 0 Å². The molecule has 0 amide bonds. The smallest absolute Gasteiger partial charge is 0 e. The van der Waals surface area contributed by atoms with Crippen molar-refractivity contribution in [3.8, 4) is 0 Å². The van der Waals surface area contributed by atoms with Gasteiger partial charge < -0.3 is 0 Å². The van der Waals surface area contributed by atoms with Crippen LogP contribution >= 0.6 is 0 Å². The molecule has 4 heteroatoms. The largest absolute Gasteiger partial charge is 0 e. The topological polar surface area (TPSA) is 0 Å². The third-order valence-electron chi connectivity index (χ3n) is 0. The van der Waals surface area contributed by atoms with Gasteiger partial charge in [0.1, 0.15) is 0 Å². The van der Waals surface area contributed by atoms with Crippen molar-refractivity contribution in [2.24, 2.45) is 0 Å². The maximum atomic E-state index is 0. The van der Waals surface area contributed by atoms with Gasteiger partial charge in [-0.3, -0.25) is 0 Å². The molecule has 0 aliphatic carbocycles. The van der Waals surface area contributed by atoms with Gasteiger partial charge in [0.2, 0.25) is 0 Å². The first kappa shape index (κ1) is 31.2. The quantitative estimate of drug-likeness (QED) is 0.496. The fourth-order valence-corrected chi connectivity index (χ4v) is 0. The molecule has 0 bridgehead atoms. The molecule has 0 aromatic rings. The van der Waals surface area contributed by atoms with E-state index in [0.29, 0.717) is 0 Å². The predicted molar refractivity (Wildman–Crippen MR) is 17.3 cm³/mol. The summed E-state index contributed by atoms with van der Waals surface area (Å²) in [5, 5.41) is 0. The normalized spacial score (nSPS) is 0. The van der Waals surface area contributed by atoms with Crippen LogP contribution in [-0.2, 0) is 19.5 Å². The van der Waals surface area contributed by atoms with E-state index in [9.17, 15) is 0 Å². The van der Waals surface area contributed by atoms with Crippen LogP contribution in [0, 0.1) is 0 Å². The summed E-state index contributed by atoms with van der Waals surface area (Å²) >= 11 is 0. The van der Waals surface area contributed by atoms with Crippen LogP contribution in [0.1, 0.15) is 0 Å². The first-order valence-corrected chi connectivity index (χ1v) is 0. The van der Waals surface area contributed by atoms with Crippen LogP contribution < -0.4 is 0 Å². The molecule has 0 unspecified atom stereocenters. The van der Waals surface area contributed by atoms with Crippen LogP contribution in [0.2, 0.25) is 0 Å². The van der Waals surface area contributed by atoms with Crippen molar-refractivity contribution in [3.63, 3.8) is 0 Å². The molecule has 0 saturated heterocycles. The van der Waals surface area contributed by atoms with Gasteiger partial charge in [0.15, 0.2) is 0 Å². The van der Waals surface area contributed by atoms with Gasteiger partial charge in [0.25, 0.3) is 0 Å². The zero-order valence-electron chi connectivity index (χ0n) is 2.09. The van der Waals surface area contributed by atoms with E-state index < -0.39 is 0 Å². The molecule has 0 N–H and O–H groups in total. The van der Waals surface area contributed by atoms with Crippen LogP contribution in [0.15, 0.2) is 0 Å². The molecule has 0 rings (SSSR count). The van der Waals surface area contributed by atoms with Gasteiger partial charge in [-0.1, -0.05) is 0 Å². The van der Waals surface area contributed by atoms with E-state index >= 15 is 0 Å². The Kier molecular flexibility index (Phi) is 138. The van der Waals surface area contributed by atoms with Crippen molar-refractivity contribution in [2.45, 2.75) is 0 Å². The van der Waals surface area contributed by atoms with Gasteiger partial charge in [0.05, 0.1) is 0 Å². The fraction of sp³-hybridized carbons (Fsp3) is 0. The van der Waals surface area contributed by atoms with Crippen LogP contribution in [-0.4, -0.2) is 59.4 Å². The minimum Gasteiger partial charge on any atom is 0 e. The molecule has 0 atom stereocenters. The molecule has 17 valence electrons. The SMILES string of the molecule is [Ga].[Ga].[Ga].[Ru]. The summed E-state index contributed by atoms with van der Waals surface area (Å²) in [5.41, 5.74) is 0. The average Bonchev–Trinajstić information content (AvgIpc) is 0. The van der Waals surface area contributed by atoms with Gasteiger partial charge in [0, 0.05) is 78.8 Å². The van der Waals surface area contributed by atoms with Crippen molar-refractivity contribution in [1.82, 2.24) is 0 Å². The molecule has 0 aromatic heterocycles. The Bertz CT molecular complexity index is 3.25.